The quantitative estimate of drug-likeness (QED) is 0.447. The second kappa shape index (κ2) is 6.00. The maximum Gasteiger partial charge on any atom is 0.359 e. The fraction of sp³-hybridized carbons (Fsp3) is 0.0714. The van der Waals surface area contributed by atoms with E-state index in [0.29, 0.717) is 0 Å². The average Bonchev–Trinajstić information content (AvgIpc) is 2.41. The highest BCUT2D eigenvalue weighted by atomic mass is 127. The number of benzene rings is 2. The summed E-state index contributed by atoms with van der Waals surface area (Å²) in [5.74, 6) is -0.969. The number of hydrogen-bond acceptors (Lipinski definition) is 3. The van der Waals surface area contributed by atoms with E-state index in [1.165, 1.54) is 6.07 Å². The van der Waals surface area contributed by atoms with E-state index in [-0.39, 0.29) is 11.3 Å². The number of rotatable bonds is 4. The fourth-order valence-electron chi connectivity index (χ4n) is 1.62. The summed E-state index contributed by atoms with van der Waals surface area (Å²) in [5.41, 5.74) is 1.26. The van der Waals surface area contributed by atoms with Crippen molar-refractivity contribution in [2.45, 2.75) is 6.92 Å². The van der Waals surface area contributed by atoms with Crippen molar-refractivity contribution in [2.24, 2.45) is 0 Å². The van der Waals surface area contributed by atoms with Crippen molar-refractivity contribution in [2.75, 3.05) is 0 Å². The van der Waals surface area contributed by atoms with Crippen molar-refractivity contribution < 1.29 is 36.0 Å². The Hall–Kier alpha value is -1.96. The minimum atomic E-state index is -0.969. The summed E-state index contributed by atoms with van der Waals surface area (Å²) in [6.07, 6.45) is 0. The van der Waals surface area contributed by atoms with E-state index in [4.69, 9.17) is 5.11 Å². The minimum absolute atomic E-state index is 0.0399. The van der Waals surface area contributed by atoms with Gasteiger partial charge in [0.2, 0.25) is 7.14 Å². The van der Waals surface area contributed by atoms with Gasteiger partial charge in [-0.05, 0) is 25.1 Å². The number of carboxylic acid groups (broad SMARTS) is 1. The van der Waals surface area contributed by atoms with Gasteiger partial charge in [-0.15, -0.1) is 0 Å². The molecule has 0 aliphatic carbocycles. The highest BCUT2D eigenvalue weighted by Gasteiger charge is 2.26. The Morgan fingerprint density at radius 2 is 1.90 bits per heavy atom. The first kappa shape index (κ1) is 14.4. The topological polar surface area (TPSA) is 80.4 Å². The van der Waals surface area contributed by atoms with Crippen LogP contribution in [0.3, 0.4) is 0 Å². The van der Waals surface area contributed by atoms with Crippen LogP contribution in [0.5, 0.6) is 0 Å². The first-order valence-electron chi connectivity index (χ1n) is 5.71. The molecular formula is C14H11INO4+. The summed E-state index contributed by atoms with van der Waals surface area (Å²) in [4.78, 5) is 21.6. The van der Waals surface area contributed by atoms with Gasteiger partial charge in [-0.2, -0.15) is 0 Å². The molecule has 5 nitrogen and oxygen atoms in total. The predicted molar refractivity (Wildman–Crippen MR) is 68.6 cm³/mol. The van der Waals surface area contributed by atoms with E-state index in [1.54, 1.807) is 36.4 Å². The molecule has 0 aromatic heterocycles. The van der Waals surface area contributed by atoms with Crippen LogP contribution in [0.15, 0.2) is 42.5 Å². The second-order valence-corrected chi connectivity index (χ2v) is 6.93. The monoisotopic (exact) mass is 384 g/mol. The summed E-state index contributed by atoms with van der Waals surface area (Å²) in [6.45, 7) is 1.88. The molecule has 0 saturated carbocycles. The van der Waals surface area contributed by atoms with Gasteiger partial charge in [0.15, 0.2) is 0 Å². The van der Waals surface area contributed by atoms with Gasteiger partial charge < -0.3 is 5.11 Å². The molecule has 6 heteroatoms. The molecule has 0 unspecified atom stereocenters. The van der Waals surface area contributed by atoms with E-state index in [9.17, 15) is 14.9 Å². The normalized spacial score (nSPS) is 10.2. The van der Waals surface area contributed by atoms with Crippen molar-refractivity contribution in [3.8, 4) is 0 Å². The molecule has 0 heterocycles. The van der Waals surface area contributed by atoms with Crippen molar-refractivity contribution in [1.82, 2.24) is 0 Å². The minimum Gasteiger partial charge on any atom is -0.478 e. The molecule has 20 heavy (non-hydrogen) atoms. The lowest BCUT2D eigenvalue weighted by Crippen LogP contribution is -3.62. The van der Waals surface area contributed by atoms with Crippen LogP contribution >= 0.6 is 0 Å². The molecule has 0 spiro atoms. The average molecular weight is 384 g/mol. The molecule has 0 radical (unpaired) electrons. The molecule has 0 atom stereocenters. The van der Waals surface area contributed by atoms with Crippen LogP contribution in [0.25, 0.3) is 0 Å². The molecule has 0 bridgehead atoms. The number of nitro groups is 1. The van der Waals surface area contributed by atoms with E-state index in [2.05, 4.69) is 0 Å². The number of carboxylic acids is 1. The van der Waals surface area contributed by atoms with E-state index >= 15 is 0 Å². The van der Waals surface area contributed by atoms with E-state index in [1.807, 2.05) is 6.92 Å². The van der Waals surface area contributed by atoms with Crippen LogP contribution in [0.1, 0.15) is 15.9 Å². The molecular weight excluding hydrogens is 373 g/mol. The van der Waals surface area contributed by atoms with Crippen molar-refractivity contribution >= 4 is 11.7 Å². The number of nitro benzene ring substituents is 1. The smallest absolute Gasteiger partial charge is 0.359 e. The van der Waals surface area contributed by atoms with Gasteiger partial charge in [0.25, 0.3) is 5.69 Å². The van der Waals surface area contributed by atoms with Crippen LogP contribution in [-0.2, 0) is 0 Å². The lowest BCUT2D eigenvalue weighted by molar-refractivity contribution is -0.598. The van der Waals surface area contributed by atoms with E-state index < -0.39 is 32.1 Å². The maximum absolute atomic E-state index is 11.2. The summed E-state index contributed by atoms with van der Waals surface area (Å²) < 4.78 is 1.62. The number of halogens is 1. The number of hydrogen-bond donors (Lipinski definition) is 1. The highest BCUT2D eigenvalue weighted by molar-refractivity contribution is 5.87. The number of carbonyl (C=O) groups is 1. The number of aryl methyl sites for hydroxylation is 1. The number of non-ortho nitro benzene ring substituents is 1. The Bertz CT molecular complexity index is 685. The zero-order valence-corrected chi connectivity index (χ0v) is 12.7. The fourth-order valence-corrected chi connectivity index (χ4v) is 4.42. The highest BCUT2D eigenvalue weighted by Crippen LogP contribution is 2.11. The standard InChI is InChI=1S/C14H10INO4/c1-9-6-7-10(16(19)20)8-13(9)15-12-5-3-2-4-11(12)14(17)18/h2-8H,1H3/p+1. The molecule has 1 N–H and O–H groups in total. The number of aromatic carboxylic acids is 1. The zero-order chi connectivity index (χ0) is 14.7. The van der Waals surface area contributed by atoms with Crippen LogP contribution in [0.4, 0.5) is 5.69 Å². The molecule has 0 aliphatic heterocycles. The third kappa shape index (κ3) is 3.13. The van der Waals surface area contributed by atoms with Gasteiger partial charge in [-0.25, -0.2) is 4.79 Å². The number of nitrogens with zero attached hydrogens (tertiary/aromatic N) is 1. The van der Waals surface area contributed by atoms with Gasteiger partial charge in [0, 0.05) is 11.6 Å². The molecule has 2 aromatic carbocycles. The molecule has 0 amide bonds. The summed E-state index contributed by atoms with van der Waals surface area (Å²) in [5, 5.41) is 20.0. The Balaban J connectivity index is 2.42. The Morgan fingerprint density at radius 3 is 2.55 bits per heavy atom. The van der Waals surface area contributed by atoms with Crippen molar-refractivity contribution in [3.63, 3.8) is 0 Å². The van der Waals surface area contributed by atoms with Crippen LogP contribution in [-0.4, -0.2) is 16.0 Å². The predicted octanol–water partition coefficient (Wildman–Crippen LogP) is -0.270. The lowest BCUT2D eigenvalue weighted by atomic mass is 10.2. The largest absolute Gasteiger partial charge is 0.478 e. The molecule has 2 rings (SSSR count). The van der Waals surface area contributed by atoms with Gasteiger partial charge in [-0.1, -0.05) is 12.1 Å². The van der Waals surface area contributed by atoms with Crippen LogP contribution < -0.4 is 21.2 Å². The molecule has 2 aromatic rings. The molecule has 0 aliphatic rings. The van der Waals surface area contributed by atoms with Crippen molar-refractivity contribution in [3.05, 3.63) is 70.8 Å². The second-order valence-electron chi connectivity index (χ2n) is 4.07. The maximum atomic E-state index is 11.2. The van der Waals surface area contributed by atoms with Gasteiger partial charge in [0.05, 0.1) is 11.0 Å². The lowest BCUT2D eigenvalue weighted by Gasteiger charge is -1.97. The van der Waals surface area contributed by atoms with Crippen LogP contribution in [0, 0.1) is 24.2 Å². The SMILES string of the molecule is Cc1ccc([N+](=O)[O-])cc1[I+]c1ccccc1C(=O)O. The third-order valence-corrected chi connectivity index (χ3v) is 5.94. The van der Waals surface area contributed by atoms with E-state index in [0.717, 1.165) is 12.7 Å². The summed E-state index contributed by atoms with van der Waals surface area (Å²) in [7, 11) is 0. The first-order valence-corrected chi connectivity index (χ1v) is 7.87. The molecule has 0 fully saturated rings. The van der Waals surface area contributed by atoms with Crippen LogP contribution in [0.2, 0.25) is 0 Å². The third-order valence-electron chi connectivity index (χ3n) is 2.67. The Morgan fingerprint density at radius 1 is 1.20 bits per heavy atom. The van der Waals surface area contributed by atoms with Gasteiger partial charge in [-0.3, -0.25) is 10.1 Å². The van der Waals surface area contributed by atoms with Gasteiger partial charge in [0.1, 0.15) is 5.56 Å². The molecule has 102 valence electrons. The molecule has 0 saturated heterocycles. The Kier molecular flexibility index (Phi) is 4.33. The summed E-state index contributed by atoms with van der Waals surface area (Å²) in [6, 6.07) is 11.5. The first-order chi connectivity index (χ1) is 9.49. The Labute approximate surface area is 125 Å². The van der Waals surface area contributed by atoms with Gasteiger partial charge >= 0.3 is 27.2 Å². The summed E-state index contributed by atoms with van der Waals surface area (Å²) >= 11 is -0.776. The van der Waals surface area contributed by atoms with Crippen molar-refractivity contribution in [1.29, 1.82) is 0 Å². The zero-order valence-electron chi connectivity index (χ0n) is 10.5.